The number of rotatable bonds is 4. The Morgan fingerprint density at radius 1 is 1.36 bits per heavy atom. The molecule has 0 aromatic carbocycles. The summed E-state index contributed by atoms with van der Waals surface area (Å²) in [6, 6.07) is 3.63. The maximum absolute atomic E-state index is 12.3. The number of pyridine rings is 1. The van der Waals surface area contributed by atoms with E-state index in [0.717, 1.165) is 5.56 Å². The van der Waals surface area contributed by atoms with E-state index in [0.29, 0.717) is 21.4 Å². The zero-order chi connectivity index (χ0) is 16.5. The highest BCUT2D eigenvalue weighted by atomic mass is 32.1. The molecule has 0 aliphatic heterocycles. The van der Waals surface area contributed by atoms with Crippen LogP contribution in [0.1, 0.15) is 28.8 Å². The average molecular weight is 318 g/mol. The first-order chi connectivity index (χ1) is 10.2. The predicted octanol–water partition coefficient (Wildman–Crippen LogP) is 0.851. The highest BCUT2D eigenvalue weighted by molar-refractivity contribution is 7.15. The van der Waals surface area contributed by atoms with Gasteiger partial charge in [0.1, 0.15) is 0 Å². The lowest BCUT2D eigenvalue weighted by atomic mass is 9.88. The molecule has 1 atom stereocenters. The molecule has 1 unspecified atom stereocenters. The minimum absolute atomic E-state index is 0.0978. The van der Waals surface area contributed by atoms with Crippen molar-refractivity contribution in [2.24, 2.45) is 22.2 Å². The smallest absolute Gasteiger partial charge is 0.212 e. The summed E-state index contributed by atoms with van der Waals surface area (Å²) in [6.45, 7) is 5.11. The fraction of sp³-hybridized carbons (Fsp3) is 0.286. The molecule has 2 heterocycles. The lowest BCUT2D eigenvalue weighted by Gasteiger charge is -2.25. The number of thiazole rings is 1. The van der Waals surface area contributed by atoms with Gasteiger partial charge in [-0.2, -0.15) is 4.99 Å². The topological polar surface area (TPSA) is 133 Å². The van der Waals surface area contributed by atoms with Crippen molar-refractivity contribution >= 4 is 28.2 Å². The molecule has 2 aromatic rings. The van der Waals surface area contributed by atoms with E-state index in [2.05, 4.69) is 15.0 Å². The van der Waals surface area contributed by atoms with Crippen LogP contribution in [0.5, 0.6) is 0 Å². The summed E-state index contributed by atoms with van der Waals surface area (Å²) < 4.78 is 0. The monoisotopic (exact) mass is 318 g/mol. The van der Waals surface area contributed by atoms with Crippen LogP contribution < -0.4 is 17.2 Å². The van der Waals surface area contributed by atoms with Gasteiger partial charge < -0.3 is 17.2 Å². The number of hydrogen-bond acceptors (Lipinski definition) is 6. The van der Waals surface area contributed by atoms with Crippen molar-refractivity contribution in [2.75, 3.05) is 0 Å². The van der Waals surface area contributed by atoms with Crippen molar-refractivity contribution in [1.82, 2.24) is 9.97 Å². The Labute approximate surface area is 132 Å². The Bertz CT molecular complexity index is 750. The number of ketones is 1. The molecular weight excluding hydrogens is 300 g/mol. The van der Waals surface area contributed by atoms with E-state index < -0.39 is 5.54 Å². The van der Waals surface area contributed by atoms with E-state index >= 15 is 0 Å². The maximum atomic E-state index is 12.3. The fourth-order valence-electron chi connectivity index (χ4n) is 2.11. The number of nitrogens with two attached hydrogens (primary N) is 3. The molecule has 22 heavy (non-hydrogen) atoms. The number of carbonyl (C=O) groups is 1. The molecule has 0 fully saturated rings. The number of nitrogens with zero attached hydrogens (tertiary/aromatic N) is 3. The van der Waals surface area contributed by atoms with Crippen LogP contribution in [-0.2, 0) is 10.3 Å². The van der Waals surface area contributed by atoms with E-state index in [9.17, 15) is 4.79 Å². The highest BCUT2D eigenvalue weighted by Gasteiger charge is 2.40. The molecule has 6 N–H and O–H groups in total. The number of Topliss-reactive ketones (excluding diaryl/α,β-unsaturated/α-hetero) is 1. The molecule has 2 aromatic heterocycles. The summed E-state index contributed by atoms with van der Waals surface area (Å²) >= 11 is 1.18. The van der Waals surface area contributed by atoms with Gasteiger partial charge in [-0.15, -0.1) is 0 Å². The molecular formula is C14H18N6OS. The van der Waals surface area contributed by atoms with Crippen molar-refractivity contribution in [2.45, 2.75) is 26.3 Å². The van der Waals surface area contributed by atoms with Gasteiger partial charge in [0.2, 0.25) is 5.13 Å². The summed E-state index contributed by atoms with van der Waals surface area (Å²) in [5.41, 5.74) is 17.9. The minimum atomic E-state index is -1.37. The van der Waals surface area contributed by atoms with Crippen molar-refractivity contribution in [3.05, 3.63) is 40.2 Å². The van der Waals surface area contributed by atoms with E-state index in [4.69, 9.17) is 17.2 Å². The molecule has 116 valence electrons. The third-order valence-electron chi connectivity index (χ3n) is 3.24. The predicted molar refractivity (Wildman–Crippen MR) is 86.9 cm³/mol. The van der Waals surface area contributed by atoms with Crippen molar-refractivity contribution in [3.8, 4) is 0 Å². The molecule has 0 saturated carbocycles. The second-order valence-corrected chi connectivity index (χ2v) is 6.01. The van der Waals surface area contributed by atoms with Crippen LogP contribution in [0.3, 0.4) is 0 Å². The van der Waals surface area contributed by atoms with Crippen LogP contribution in [0.25, 0.3) is 0 Å². The number of carbonyl (C=O) groups excluding carboxylic acids is 1. The van der Waals surface area contributed by atoms with Gasteiger partial charge in [0, 0.05) is 6.20 Å². The second kappa shape index (κ2) is 5.82. The van der Waals surface area contributed by atoms with Crippen LogP contribution >= 0.6 is 11.3 Å². The summed E-state index contributed by atoms with van der Waals surface area (Å²) in [7, 11) is 0. The molecule has 0 amide bonds. The highest BCUT2D eigenvalue weighted by Crippen LogP contribution is 2.36. The Balaban J connectivity index is 2.65. The third-order valence-corrected chi connectivity index (χ3v) is 4.43. The Morgan fingerprint density at radius 3 is 2.59 bits per heavy atom. The van der Waals surface area contributed by atoms with Crippen LogP contribution in [-0.4, -0.2) is 21.7 Å². The summed E-state index contributed by atoms with van der Waals surface area (Å²) in [5, 5.41) is 0.358. The van der Waals surface area contributed by atoms with E-state index in [1.807, 2.05) is 13.0 Å². The molecule has 7 nitrogen and oxygen atoms in total. The number of aromatic nitrogens is 2. The Morgan fingerprint density at radius 2 is 2.05 bits per heavy atom. The minimum Gasteiger partial charge on any atom is -0.370 e. The van der Waals surface area contributed by atoms with E-state index in [1.165, 1.54) is 18.3 Å². The molecule has 0 radical (unpaired) electrons. The van der Waals surface area contributed by atoms with Gasteiger partial charge >= 0.3 is 0 Å². The first-order valence-electron chi connectivity index (χ1n) is 6.55. The largest absolute Gasteiger partial charge is 0.370 e. The van der Waals surface area contributed by atoms with Crippen molar-refractivity contribution in [1.29, 1.82) is 0 Å². The second-order valence-electron chi connectivity index (χ2n) is 5.03. The Hall–Kier alpha value is -2.32. The number of aliphatic imine (C=N–C) groups is 1. The normalized spacial score (nSPS) is 13.5. The number of hydrogen-bond donors (Lipinski definition) is 3. The quantitative estimate of drug-likeness (QED) is 0.565. The lowest BCUT2D eigenvalue weighted by molar-refractivity contribution is -0.121. The summed E-state index contributed by atoms with van der Waals surface area (Å²) in [4.78, 5) is 25.3. The molecule has 0 aliphatic carbocycles. The van der Waals surface area contributed by atoms with Crippen LogP contribution in [0, 0.1) is 13.8 Å². The van der Waals surface area contributed by atoms with Crippen LogP contribution in [0.15, 0.2) is 23.3 Å². The summed E-state index contributed by atoms with van der Waals surface area (Å²) in [6.07, 6.45) is 1.63. The molecule has 2 rings (SSSR count). The van der Waals surface area contributed by atoms with Crippen molar-refractivity contribution in [3.63, 3.8) is 0 Å². The SMILES string of the molecule is CC(=O)C(N)(c1cc(C)ccn1)c1sc(N=C(N)N)nc1C. The van der Waals surface area contributed by atoms with Gasteiger partial charge in [-0.05, 0) is 38.5 Å². The van der Waals surface area contributed by atoms with Crippen LogP contribution in [0.4, 0.5) is 5.13 Å². The van der Waals surface area contributed by atoms with Gasteiger partial charge in [0.25, 0.3) is 0 Å². The fourth-order valence-corrected chi connectivity index (χ4v) is 3.23. The first-order valence-corrected chi connectivity index (χ1v) is 7.37. The molecule has 0 spiro atoms. The molecule has 8 heteroatoms. The van der Waals surface area contributed by atoms with Gasteiger partial charge in [0.05, 0.1) is 16.3 Å². The molecule has 0 aliphatic rings. The van der Waals surface area contributed by atoms with Crippen molar-refractivity contribution < 1.29 is 4.79 Å². The first kappa shape index (κ1) is 16.1. The number of guanidine groups is 1. The van der Waals surface area contributed by atoms with E-state index in [-0.39, 0.29) is 11.7 Å². The van der Waals surface area contributed by atoms with Gasteiger partial charge in [-0.1, -0.05) is 11.3 Å². The Kier molecular flexibility index (Phi) is 4.25. The maximum Gasteiger partial charge on any atom is 0.212 e. The third kappa shape index (κ3) is 2.83. The van der Waals surface area contributed by atoms with Gasteiger partial charge in [-0.25, -0.2) is 4.98 Å². The lowest BCUT2D eigenvalue weighted by Crippen LogP contribution is -2.45. The van der Waals surface area contributed by atoms with Crippen LogP contribution in [0.2, 0.25) is 0 Å². The molecule has 0 bridgehead atoms. The molecule has 0 saturated heterocycles. The summed E-state index contributed by atoms with van der Waals surface area (Å²) in [5.74, 6) is -0.326. The standard InChI is InChI=1S/C14H18N6OS/c1-7-4-5-18-10(6-7)14(17,9(3)21)11-8(2)19-13(22-11)20-12(15)16/h4-6H,17H2,1-3H3,(H4,15,16,19,20). The van der Waals surface area contributed by atoms with E-state index in [1.54, 1.807) is 19.2 Å². The number of aryl methyl sites for hydroxylation is 2. The zero-order valence-electron chi connectivity index (χ0n) is 12.6. The van der Waals surface area contributed by atoms with Gasteiger partial charge in [-0.3, -0.25) is 9.78 Å². The average Bonchev–Trinajstić information content (AvgIpc) is 2.77. The zero-order valence-corrected chi connectivity index (χ0v) is 13.4. The van der Waals surface area contributed by atoms with Gasteiger partial charge in [0.15, 0.2) is 17.3 Å².